The lowest BCUT2D eigenvalue weighted by atomic mass is 10.3. The lowest BCUT2D eigenvalue weighted by Crippen LogP contribution is -2.52. The highest BCUT2D eigenvalue weighted by atomic mass is 127. The Bertz CT molecular complexity index is 928. The monoisotopic (exact) mass is 524 g/mol. The zero-order valence-electron chi connectivity index (χ0n) is 17.0. The van der Waals surface area contributed by atoms with E-state index in [4.69, 9.17) is 9.98 Å². The number of aromatic nitrogens is 2. The quantitative estimate of drug-likeness (QED) is 0.315. The molecule has 0 unspecified atom stereocenters. The number of halogens is 1. The average molecular weight is 524 g/mol. The number of piperazine rings is 1. The largest absolute Gasteiger partial charge is 0.357 e. The van der Waals surface area contributed by atoms with Crippen molar-refractivity contribution in [3.05, 3.63) is 58.2 Å². The fourth-order valence-corrected chi connectivity index (χ4v) is 4.34. The Hall–Kier alpha value is -1.65. The van der Waals surface area contributed by atoms with E-state index in [1.54, 1.807) is 0 Å². The van der Waals surface area contributed by atoms with Gasteiger partial charge < -0.3 is 14.6 Å². The predicted molar refractivity (Wildman–Crippen MR) is 131 cm³/mol. The molecule has 0 saturated carbocycles. The summed E-state index contributed by atoms with van der Waals surface area (Å²) in [6.45, 7) is 10.9. The van der Waals surface area contributed by atoms with Crippen LogP contribution in [0.5, 0.6) is 0 Å². The first-order valence-electron chi connectivity index (χ1n) is 9.94. The van der Waals surface area contributed by atoms with E-state index in [0.717, 1.165) is 56.6 Å². The summed E-state index contributed by atoms with van der Waals surface area (Å²) in [5, 5.41) is 5.61. The first kappa shape index (κ1) is 22.0. The Morgan fingerprint density at radius 1 is 1.17 bits per heavy atom. The molecule has 0 aliphatic carbocycles. The second-order valence-electron chi connectivity index (χ2n) is 7.14. The highest BCUT2D eigenvalue weighted by molar-refractivity contribution is 14.0. The third-order valence-corrected chi connectivity index (χ3v) is 5.96. The summed E-state index contributed by atoms with van der Waals surface area (Å²) >= 11 is 1.84. The Kier molecular flexibility index (Phi) is 7.91. The van der Waals surface area contributed by atoms with Gasteiger partial charge in [-0.15, -0.1) is 35.3 Å². The van der Waals surface area contributed by atoms with E-state index in [9.17, 15) is 0 Å². The summed E-state index contributed by atoms with van der Waals surface area (Å²) in [6, 6.07) is 10.5. The number of aliphatic imine (C=N–C) groups is 1. The number of hydrogen-bond donors (Lipinski definition) is 1. The Labute approximate surface area is 193 Å². The van der Waals surface area contributed by atoms with Crippen LogP contribution in [0.25, 0.3) is 5.65 Å². The summed E-state index contributed by atoms with van der Waals surface area (Å²) in [4.78, 5) is 15.9. The van der Waals surface area contributed by atoms with Crippen molar-refractivity contribution in [2.75, 3.05) is 32.7 Å². The predicted octanol–water partition coefficient (Wildman–Crippen LogP) is 3.61. The second-order valence-corrected chi connectivity index (χ2v) is 8.17. The van der Waals surface area contributed by atoms with Crippen LogP contribution < -0.4 is 5.32 Å². The van der Waals surface area contributed by atoms with Gasteiger partial charge in [0.1, 0.15) is 5.65 Å². The number of nitrogens with one attached hydrogen (secondary N) is 1. The summed E-state index contributed by atoms with van der Waals surface area (Å²) in [7, 11) is 0. The van der Waals surface area contributed by atoms with Crippen molar-refractivity contribution in [1.29, 1.82) is 0 Å². The molecule has 1 N–H and O–H groups in total. The Morgan fingerprint density at radius 3 is 2.69 bits per heavy atom. The zero-order chi connectivity index (χ0) is 19.3. The van der Waals surface area contributed by atoms with Crippen LogP contribution in [0.1, 0.15) is 23.2 Å². The van der Waals surface area contributed by atoms with E-state index < -0.39 is 0 Å². The SMILES string of the molecule is CCNC(=NCc1cn2c(C)cccc2n1)N1CCN(Cc2cccs2)CC1.I. The molecule has 1 saturated heterocycles. The van der Waals surface area contributed by atoms with E-state index in [0.29, 0.717) is 6.54 Å². The number of pyridine rings is 1. The molecule has 0 aromatic carbocycles. The maximum Gasteiger partial charge on any atom is 0.194 e. The molecule has 4 rings (SSSR count). The molecule has 156 valence electrons. The van der Waals surface area contributed by atoms with Crippen LogP contribution in [0.2, 0.25) is 0 Å². The normalized spacial score (nSPS) is 15.5. The molecule has 0 radical (unpaired) electrons. The molecule has 8 heteroatoms. The fraction of sp³-hybridized carbons (Fsp3) is 0.429. The molecule has 3 aromatic heterocycles. The van der Waals surface area contributed by atoms with Gasteiger partial charge in [-0.05, 0) is 37.4 Å². The first-order chi connectivity index (χ1) is 13.7. The van der Waals surface area contributed by atoms with Crippen molar-refractivity contribution in [3.63, 3.8) is 0 Å². The van der Waals surface area contributed by atoms with Gasteiger partial charge >= 0.3 is 0 Å². The maximum atomic E-state index is 4.87. The van der Waals surface area contributed by atoms with Gasteiger partial charge in [0, 0.05) is 56.0 Å². The number of thiophene rings is 1. The van der Waals surface area contributed by atoms with Gasteiger partial charge in [-0.3, -0.25) is 4.90 Å². The summed E-state index contributed by atoms with van der Waals surface area (Å²) in [5.74, 6) is 0.993. The number of nitrogens with zero attached hydrogens (tertiary/aromatic N) is 5. The van der Waals surface area contributed by atoms with E-state index in [2.05, 4.69) is 63.1 Å². The van der Waals surface area contributed by atoms with Crippen LogP contribution in [0.15, 0.2) is 46.9 Å². The minimum Gasteiger partial charge on any atom is -0.357 e. The van der Waals surface area contributed by atoms with Crippen LogP contribution in [0, 0.1) is 6.92 Å². The molecule has 0 atom stereocenters. The molecule has 1 aliphatic heterocycles. The molecule has 1 aliphatic rings. The lowest BCUT2D eigenvalue weighted by Gasteiger charge is -2.36. The number of aryl methyl sites for hydroxylation is 1. The fourth-order valence-electron chi connectivity index (χ4n) is 3.60. The van der Waals surface area contributed by atoms with Crippen molar-refractivity contribution in [3.8, 4) is 0 Å². The minimum atomic E-state index is 0. The molecular weight excluding hydrogens is 495 g/mol. The standard InChI is InChI=1S/C21H28N6S.HI/c1-3-22-21(23-14-18-15-27-17(2)6-4-8-20(27)24-18)26-11-9-25(10-12-26)16-19-7-5-13-28-19;/h4-8,13,15H,3,9-12,14,16H2,1-2H3,(H,22,23);1H. The van der Waals surface area contributed by atoms with Gasteiger partial charge in [-0.2, -0.15) is 0 Å². The lowest BCUT2D eigenvalue weighted by molar-refractivity contribution is 0.173. The van der Waals surface area contributed by atoms with Gasteiger partial charge in [0.2, 0.25) is 0 Å². The molecule has 6 nitrogen and oxygen atoms in total. The van der Waals surface area contributed by atoms with Gasteiger partial charge in [-0.1, -0.05) is 12.1 Å². The highest BCUT2D eigenvalue weighted by Gasteiger charge is 2.20. The summed E-state index contributed by atoms with van der Waals surface area (Å²) in [6.07, 6.45) is 2.09. The average Bonchev–Trinajstić information content (AvgIpc) is 3.36. The molecular formula is C21H29IN6S. The van der Waals surface area contributed by atoms with E-state index in [1.807, 2.05) is 23.5 Å². The minimum absolute atomic E-state index is 0. The van der Waals surface area contributed by atoms with Crippen molar-refractivity contribution < 1.29 is 0 Å². The third-order valence-electron chi connectivity index (χ3n) is 5.10. The molecule has 1 fully saturated rings. The van der Waals surface area contributed by atoms with Crippen LogP contribution in [-0.2, 0) is 13.1 Å². The molecule has 0 spiro atoms. The highest BCUT2D eigenvalue weighted by Crippen LogP contribution is 2.14. The maximum absolute atomic E-state index is 4.87. The van der Waals surface area contributed by atoms with Crippen molar-refractivity contribution in [2.45, 2.75) is 26.9 Å². The molecule has 3 aromatic rings. The van der Waals surface area contributed by atoms with Gasteiger partial charge in [0.05, 0.1) is 12.2 Å². The topological polar surface area (TPSA) is 48.2 Å². The van der Waals surface area contributed by atoms with Gasteiger partial charge in [0.15, 0.2) is 5.96 Å². The Morgan fingerprint density at radius 2 is 2.00 bits per heavy atom. The second kappa shape index (κ2) is 10.4. The van der Waals surface area contributed by atoms with Crippen LogP contribution in [-0.4, -0.2) is 57.9 Å². The molecule has 0 amide bonds. The first-order valence-corrected chi connectivity index (χ1v) is 10.8. The number of fused-ring (bicyclic) bond motifs is 1. The summed E-state index contributed by atoms with van der Waals surface area (Å²) in [5.41, 5.74) is 3.17. The molecule has 29 heavy (non-hydrogen) atoms. The van der Waals surface area contributed by atoms with Gasteiger partial charge in [0.25, 0.3) is 0 Å². The third kappa shape index (κ3) is 5.49. The molecule has 4 heterocycles. The summed E-state index contributed by atoms with van der Waals surface area (Å²) < 4.78 is 2.13. The van der Waals surface area contributed by atoms with Gasteiger partial charge in [-0.25, -0.2) is 9.98 Å². The van der Waals surface area contributed by atoms with Crippen LogP contribution in [0.4, 0.5) is 0 Å². The van der Waals surface area contributed by atoms with Crippen molar-refractivity contribution in [2.24, 2.45) is 4.99 Å². The van der Waals surface area contributed by atoms with Crippen LogP contribution in [0.3, 0.4) is 0 Å². The van der Waals surface area contributed by atoms with E-state index in [-0.39, 0.29) is 24.0 Å². The molecule has 0 bridgehead atoms. The van der Waals surface area contributed by atoms with E-state index in [1.165, 1.54) is 10.6 Å². The number of rotatable bonds is 5. The Balaban J connectivity index is 0.00000240. The van der Waals surface area contributed by atoms with Crippen LogP contribution >= 0.6 is 35.3 Å². The number of imidazole rings is 1. The van der Waals surface area contributed by atoms with Crippen molar-refractivity contribution in [1.82, 2.24) is 24.5 Å². The van der Waals surface area contributed by atoms with E-state index >= 15 is 0 Å². The number of hydrogen-bond acceptors (Lipinski definition) is 4. The number of guanidine groups is 1. The van der Waals surface area contributed by atoms with Crippen molar-refractivity contribution >= 4 is 46.9 Å². The zero-order valence-corrected chi connectivity index (χ0v) is 20.2. The smallest absolute Gasteiger partial charge is 0.194 e.